The minimum atomic E-state index is -0.0264. The van der Waals surface area contributed by atoms with Crippen LogP contribution in [0.3, 0.4) is 0 Å². The average Bonchev–Trinajstić information content (AvgIpc) is 3.10. The van der Waals surface area contributed by atoms with E-state index >= 15 is 0 Å². The number of rotatable bonds is 6. The SMILES string of the molecule is CCCn1c(NC(=O)CCc2cnn(C)c2)nc2ccccc21. The fraction of sp³-hybridized carbons (Fsp3) is 0.353. The molecule has 0 unspecified atom stereocenters. The average molecular weight is 311 g/mol. The minimum Gasteiger partial charge on any atom is -0.310 e. The van der Waals surface area contributed by atoms with Crippen molar-refractivity contribution in [1.82, 2.24) is 19.3 Å². The minimum absolute atomic E-state index is 0.0264. The molecule has 0 aliphatic rings. The number of aryl methyl sites for hydroxylation is 3. The number of fused-ring (bicyclic) bond motifs is 1. The van der Waals surface area contributed by atoms with Crippen molar-refractivity contribution in [3.8, 4) is 0 Å². The van der Waals surface area contributed by atoms with Crippen molar-refractivity contribution in [3.63, 3.8) is 0 Å². The second-order valence-electron chi connectivity index (χ2n) is 5.65. The maximum atomic E-state index is 12.2. The highest BCUT2D eigenvalue weighted by Crippen LogP contribution is 2.20. The van der Waals surface area contributed by atoms with E-state index in [1.807, 2.05) is 37.5 Å². The summed E-state index contributed by atoms with van der Waals surface area (Å²) in [6.07, 6.45) is 5.80. The number of carbonyl (C=O) groups is 1. The molecule has 0 spiro atoms. The van der Waals surface area contributed by atoms with Crippen LogP contribution < -0.4 is 5.32 Å². The van der Waals surface area contributed by atoms with Crippen molar-refractivity contribution in [1.29, 1.82) is 0 Å². The number of benzene rings is 1. The summed E-state index contributed by atoms with van der Waals surface area (Å²) >= 11 is 0. The van der Waals surface area contributed by atoms with E-state index < -0.39 is 0 Å². The number of amides is 1. The van der Waals surface area contributed by atoms with E-state index in [0.29, 0.717) is 18.8 Å². The molecule has 6 nitrogen and oxygen atoms in total. The van der Waals surface area contributed by atoms with Crippen LogP contribution in [-0.2, 0) is 24.8 Å². The van der Waals surface area contributed by atoms with Crippen LogP contribution in [0.4, 0.5) is 5.95 Å². The third-order valence-corrected chi connectivity index (χ3v) is 3.75. The van der Waals surface area contributed by atoms with Gasteiger partial charge in [0.05, 0.1) is 17.2 Å². The molecule has 2 heterocycles. The monoisotopic (exact) mass is 311 g/mol. The lowest BCUT2D eigenvalue weighted by molar-refractivity contribution is -0.116. The second kappa shape index (κ2) is 6.64. The first-order valence-corrected chi connectivity index (χ1v) is 7.90. The van der Waals surface area contributed by atoms with Crippen molar-refractivity contribution in [2.24, 2.45) is 7.05 Å². The maximum Gasteiger partial charge on any atom is 0.227 e. The maximum absolute atomic E-state index is 12.2. The Morgan fingerprint density at radius 1 is 1.30 bits per heavy atom. The molecule has 2 aromatic heterocycles. The number of hydrogen-bond donors (Lipinski definition) is 1. The summed E-state index contributed by atoms with van der Waals surface area (Å²) in [5.74, 6) is 0.603. The van der Waals surface area contributed by atoms with Gasteiger partial charge in [0, 0.05) is 26.2 Å². The van der Waals surface area contributed by atoms with Crippen LogP contribution in [0.1, 0.15) is 25.3 Å². The lowest BCUT2D eigenvalue weighted by Gasteiger charge is -2.08. The second-order valence-corrected chi connectivity index (χ2v) is 5.65. The number of aromatic nitrogens is 4. The van der Waals surface area contributed by atoms with Crippen LogP contribution in [0.5, 0.6) is 0 Å². The van der Waals surface area contributed by atoms with E-state index in [4.69, 9.17) is 0 Å². The zero-order valence-corrected chi connectivity index (χ0v) is 13.5. The van der Waals surface area contributed by atoms with Crippen LogP contribution in [0, 0.1) is 0 Å². The van der Waals surface area contributed by atoms with Gasteiger partial charge in [-0.3, -0.25) is 14.8 Å². The Hall–Kier alpha value is -2.63. The number of para-hydroxylation sites is 2. The Bertz CT molecular complexity index is 817. The normalized spacial score (nSPS) is 11.0. The molecule has 0 saturated carbocycles. The molecular formula is C17H21N5O. The molecule has 0 aliphatic heterocycles. The van der Waals surface area contributed by atoms with Gasteiger partial charge in [0.15, 0.2) is 0 Å². The summed E-state index contributed by atoms with van der Waals surface area (Å²) < 4.78 is 3.81. The first-order valence-electron chi connectivity index (χ1n) is 7.90. The number of nitrogens with one attached hydrogen (secondary N) is 1. The highest BCUT2D eigenvalue weighted by atomic mass is 16.1. The van der Waals surface area contributed by atoms with E-state index in [9.17, 15) is 4.79 Å². The molecule has 0 radical (unpaired) electrons. The highest BCUT2D eigenvalue weighted by molar-refractivity contribution is 5.91. The molecule has 120 valence electrons. The van der Waals surface area contributed by atoms with Crippen molar-refractivity contribution in [3.05, 3.63) is 42.2 Å². The Balaban J connectivity index is 1.72. The molecule has 1 amide bonds. The Labute approximate surface area is 135 Å². The van der Waals surface area contributed by atoms with Crippen LogP contribution in [0.25, 0.3) is 11.0 Å². The van der Waals surface area contributed by atoms with Gasteiger partial charge in [-0.1, -0.05) is 19.1 Å². The molecule has 3 aromatic rings. The van der Waals surface area contributed by atoms with Gasteiger partial charge < -0.3 is 4.57 Å². The summed E-state index contributed by atoms with van der Waals surface area (Å²) in [7, 11) is 1.87. The van der Waals surface area contributed by atoms with E-state index in [0.717, 1.165) is 29.6 Å². The van der Waals surface area contributed by atoms with Crippen molar-refractivity contribution in [2.75, 3.05) is 5.32 Å². The topological polar surface area (TPSA) is 64.7 Å². The van der Waals surface area contributed by atoms with Gasteiger partial charge in [-0.15, -0.1) is 0 Å². The molecule has 0 saturated heterocycles. The van der Waals surface area contributed by atoms with E-state index in [1.165, 1.54) is 0 Å². The largest absolute Gasteiger partial charge is 0.310 e. The first-order chi connectivity index (χ1) is 11.2. The van der Waals surface area contributed by atoms with Gasteiger partial charge in [-0.25, -0.2) is 4.98 Å². The van der Waals surface area contributed by atoms with Crippen LogP contribution in [0.2, 0.25) is 0 Å². The molecule has 0 fully saturated rings. The van der Waals surface area contributed by atoms with Crippen LogP contribution >= 0.6 is 0 Å². The van der Waals surface area contributed by atoms with E-state index in [1.54, 1.807) is 10.9 Å². The number of carbonyl (C=O) groups excluding carboxylic acids is 1. The molecule has 1 N–H and O–H groups in total. The van der Waals surface area contributed by atoms with Crippen molar-refractivity contribution < 1.29 is 4.79 Å². The number of imidazole rings is 1. The van der Waals surface area contributed by atoms with Gasteiger partial charge in [-0.05, 0) is 30.5 Å². The smallest absolute Gasteiger partial charge is 0.227 e. The standard InChI is InChI=1S/C17H21N5O/c1-3-10-22-15-7-5-4-6-14(15)19-17(22)20-16(23)9-8-13-11-18-21(2)12-13/h4-7,11-12H,3,8-10H2,1-2H3,(H,19,20,23). The Kier molecular flexibility index (Phi) is 4.41. The molecule has 0 atom stereocenters. The van der Waals surface area contributed by atoms with Crippen LogP contribution in [0.15, 0.2) is 36.7 Å². The quantitative estimate of drug-likeness (QED) is 0.761. The van der Waals surface area contributed by atoms with Gasteiger partial charge in [0.1, 0.15) is 0 Å². The lowest BCUT2D eigenvalue weighted by atomic mass is 10.2. The molecular weight excluding hydrogens is 290 g/mol. The third-order valence-electron chi connectivity index (χ3n) is 3.75. The first kappa shape index (κ1) is 15.3. The molecule has 6 heteroatoms. The fourth-order valence-corrected chi connectivity index (χ4v) is 2.67. The number of nitrogens with zero attached hydrogens (tertiary/aromatic N) is 4. The summed E-state index contributed by atoms with van der Waals surface area (Å²) in [6, 6.07) is 7.94. The zero-order chi connectivity index (χ0) is 16.2. The Morgan fingerprint density at radius 2 is 2.13 bits per heavy atom. The summed E-state index contributed by atoms with van der Waals surface area (Å²) in [6.45, 7) is 2.95. The van der Waals surface area contributed by atoms with Gasteiger partial charge in [-0.2, -0.15) is 5.10 Å². The zero-order valence-electron chi connectivity index (χ0n) is 13.5. The van der Waals surface area contributed by atoms with Crippen molar-refractivity contribution in [2.45, 2.75) is 32.7 Å². The predicted octanol–water partition coefficient (Wildman–Crippen LogP) is 2.75. The third kappa shape index (κ3) is 3.41. The number of anilines is 1. The molecule has 0 bridgehead atoms. The summed E-state index contributed by atoms with van der Waals surface area (Å²) in [4.78, 5) is 16.8. The van der Waals surface area contributed by atoms with Crippen molar-refractivity contribution >= 4 is 22.9 Å². The Morgan fingerprint density at radius 3 is 2.87 bits per heavy atom. The highest BCUT2D eigenvalue weighted by Gasteiger charge is 2.12. The molecule has 1 aromatic carbocycles. The number of hydrogen-bond acceptors (Lipinski definition) is 3. The summed E-state index contributed by atoms with van der Waals surface area (Å²) in [5, 5.41) is 7.06. The van der Waals surface area contributed by atoms with E-state index in [2.05, 4.69) is 26.9 Å². The van der Waals surface area contributed by atoms with Gasteiger partial charge >= 0.3 is 0 Å². The predicted molar refractivity (Wildman–Crippen MR) is 90.2 cm³/mol. The molecule has 3 rings (SSSR count). The summed E-state index contributed by atoms with van der Waals surface area (Å²) in [5.41, 5.74) is 3.02. The van der Waals surface area contributed by atoms with Gasteiger partial charge in [0.25, 0.3) is 0 Å². The fourth-order valence-electron chi connectivity index (χ4n) is 2.67. The van der Waals surface area contributed by atoms with Gasteiger partial charge in [0.2, 0.25) is 11.9 Å². The molecule has 0 aliphatic carbocycles. The van der Waals surface area contributed by atoms with Crippen LogP contribution in [-0.4, -0.2) is 25.2 Å². The lowest BCUT2D eigenvalue weighted by Crippen LogP contribution is -2.16. The van der Waals surface area contributed by atoms with E-state index in [-0.39, 0.29) is 5.91 Å². The molecule has 23 heavy (non-hydrogen) atoms.